The van der Waals surface area contributed by atoms with Crippen molar-refractivity contribution in [1.29, 1.82) is 0 Å². The number of amides is 1. The second kappa shape index (κ2) is 6.21. The first kappa shape index (κ1) is 14.3. The third kappa shape index (κ3) is 4.22. The molecule has 18 heavy (non-hydrogen) atoms. The highest BCUT2D eigenvalue weighted by Crippen LogP contribution is 2.09. The Labute approximate surface area is 108 Å². The summed E-state index contributed by atoms with van der Waals surface area (Å²) < 4.78 is 0. The van der Waals surface area contributed by atoms with E-state index in [0.29, 0.717) is 12.1 Å². The van der Waals surface area contributed by atoms with Crippen molar-refractivity contribution < 1.29 is 9.90 Å². The molecule has 1 aromatic rings. The van der Waals surface area contributed by atoms with Gasteiger partial charge in [-0.15, -0.1) is 0 Å². The van der Waals surface area contributed by atoms with Crippen LogP contribution in [0.5, 0.6) is 0 Å². The Morgan fingerprint density at radius 1 is 1.56 bits per heavy atom. The minimum Gasteiger partial charge on any atom is -0.399 e. The predicted octanol–water partition coefficient (Wildman–Crippen LogP) is 1.56. The largest absolute Gasteiger partial charge is 0.399 e. The number of hydrogen-bond donors (Lipinski definition) is 3. The van der Waals surface area contributed by atoms with Crippen LogP contribution in [0, 0.1) is 0 Å². The summed E-state index contributed by atoms with van der Waals surface area (Å²) in [5.74, 6) is -0.226. The number of nitrogens with two attached hydrogens (primary N) is 1. The molecule has 0 bridgehead atoms. The molecule has 4 heteroatoms. The summed E-state index contributed by atoms with van der Waals surface area (Å²) in [7, 11) is 0. The Balaban J connectivity index is 2.65. The molecule has 4 N–H and O–H groups in total. The molecule has 4 nitrogen and oxygen atoms in total. The smallest absolute Gasteiger partial charge is 0.244 e. The summed E-state index contributed by atoms with van der Waals surface area (Å²) in [6, 6.07) is 7.27. The highest BCUT2D eigenvalue weighted by Gasteiger charge is 2.21. The molecule has 1 amide bonds. The molecule has 0 fully saturated rings. The molecule has 0 aliphatic heterocycles. The van der Waals surface area contributed by atoms with Gasteiger partial charge in [0.25, 0.3) is 0 Å². The van der Waals surface area contributed by atoms with Crippen LogP contribution < -0.4 is 11.1 Å². The van der Waals surface area contributed by atoms with Gasteiger partial charge in [0.1, 0.15) is 0 Å². The summed E-state index contributed by atoms with van der Waals surface area (Å²) in [5, 5.41) is 12.0. The molecular weight excluding hydrogens is 228 g/mol. The van der Waals surface area contributed by atoms with Crippen LogP contribution in [0.25, 0.3) is 6.08 Å². The number of carbonyl (C=O) groups excluding carboxylic acids is 1. The van der Waals surface area contributed by atoms with E-state index in [1.54, 1.807) is 25.1 Å². The topological polar surface area (TPSA) is 75.3 Å². The van der Waals surface area contributed by atoms with Gasteiger partial charge in [0.15, 0.2) is 0 Å². The number of aliphatic hydroxyl groups excluding tert-OH is 1. The zero-order chi connectivity index (χ0) is 13.6. The van der Waals surface area contributed by atoms with Crippen molar-refractivity contribution in [3.8, 4) is 0 Å². The minimum absolute atomic E-state index is 0.0820. The van der Waals surface area contributed by atoms with Gasteiger partial charge in [0.05, 0.1) is 12.1 Å². The van der Waals surface area contributed by atoms with Crippen LogP contribution in [0.15, 0.2) is 30.3 Å². The molecule has 1 atom stereocenters. The van der Waals surface area contributed by atoms with Gasteiger partial charge in [-0.2, -0.15) is 0 Å². The van der Waals surface area contributed by atoms with Gasteiger partial charge in [0.2, 0.25) is 5.91 Å². The lowest BCUT2D eigenvalue weighted by atomic mass is 10.0. The fraction of sp³-hybridized carbons (Fsp3) is 0.357. The monoisotopic (exact) mass is 248 g/mol. The van der Waals surface area contributed by atoms with Gasteiger partial charge in [-0.05, 0) is 37.1 Å². The molecule has 98 valence electrons. The van der Waals surface area contributed by atoms with Gasteiger partial charge in [0, 0.05) is 11.8 Å². The van der Waals surface area contributed by atoms with Crippen LogP contribution in [0.1, 0.15) is 25.8 Å². The molecule has 0 heterocycles. The Bertz CT molecular complexity index is 437. The fourth-order valence-corrected chi connectivity index (χ4v) is 1.41. The Morgan fingerprint density at radius 2 is 2.28 bits per heavy atom. The average Bonchev–Trinajstić information content (AvgIpc) is 2.36. The zero-order valence-electron chi connectivity index (χ0n) is 10.8. The van der Waals surface area contributed by atoms with E-state index in [4.69, 9.17) is 5.73 Å². The molecule has 0 saturated carbocycles. The normalized spacial score (nSPS) is 14.4. The van der Waals surface area contributed by atoms with Crippen LogP contribution in [0.2, 0.25) is 0 Å². The van der Waals surface area contributed by atoms with Crippen LogP contribution in [-0.4, -0.2) is 23.2 Å². The van der Waals surface area contributed by atoms with E-state index in [1.807, 2.05) is 19.1 Å². The number of aliphatic hydroxyl groups is 1. The summed E-state index contributed by atoms with van der Waals surface area (Å²) >= 11 is 0. The summed E-state index contributed by atoms with van der Waals surface area (Å²) in [5.41, 5.74) is 6.60. The maximum absolute atomic E-state index is 11.7. The van der Waals surface area contributed by atoms with Crippen LogP contribution >= 0.6 is 0 Å². The second-order valence-electron chi connectivity index (χ2n) is 4.57. The second-order valence-corrected chi connectivity index (χ2v) is 4.57. The number of anilines is 1. The first-order valence-electron chi connectivity index (χ1n) is 5.96. The fourth-order valence-electron chi connectivity index (χ4n) is 1.41. The van der Waals surface area contributed by atoms with Crippen molar-refractivity contribution in [3.05, 3.63) is 35.9 Å². The molecule has 1 aromatic carbocycles. The number of rotatable bonds is 5. The zero-order valence-corrected chi connectivity index (χ0v) is 10.8. The Kier molecular flexibility index (Phi) is 4.92. The SMILES string of the molecule is CCC(C)(CO)NC(=O)/C=C/c1cccc(N)c1. The number of benzene rings is 1. The highest BCUT2D eigenvalue weighted by atomic mass is 16.3. The van der Waals surface area contributed by atoms with E-state index in [2.05, 4.69) is 5.32 Å². The van der Waals surface area contributed by atoms with Crippen molar-refractivity contribution in [1.82, 2.24) is 5.32 Å². The van der Waals surface area contributed by atoms with E-state index in [9.17, 15) is 9.90 Å². The summed E-state index contributed by atoms with van der Waals surface area (Å²) in [6.45, 7) is 3.64. The van der Waals surface area contributed by atoms with E-state index < -0.39 is 5.54 Å². The first-order valence-corrected chi connectivity index (χ1v) is 5.96. The van der Waals surface area contributed by atoms with Crippen molar-refractivity contribution >= 4 is 17.7 Å². The van der Waals surface area contributed by atoms with Crippen LogP contribution in [0.4, 0.5) is 5.69 Å². The van der Waals surface area contributed by atoms with Crippen LogP contribution in [-0.2, 0) is 4.79 Å². The molecule has 0 aromatic heterocycles. The quantitative estimate of drug-likeness (QED) is 0.547. The maximum atomic E-state index is 11.7. The number of carbonyl (C=O) groups is 1. The van der Waals surface area contributed by atoms with E-state index in [0.717, 1.165) is 5.56 Å². The lowest BCUT2D eigenvalue weighted by Gasteiger charge is -2.26. The summed E-state index contributed by atoms with van der Waals surface area (Å²) in [4.78, 5) is 11.7. The third-order valence-corrected chi connectivity index (χ3v) is 2.89. The Hall–Kier alpha value is -1.81. The van der Waals surface area contributed by atoms with Gasteiger partial charge < -0.3 is 16.2 Å². The Morgan fingerprint density at radius 3 is 2.83 bits per heavy atom. The van der Waals surface area contributed by atoms with Crippen molar-refractivity contribution in [2.24, 2.45) is 0 Å². The van der Waals surface area contributed by atoms with E-state index >= 15 is 0 Å². The average molecular weight is 248 g/mol. The molecule has 0 saturated heterocycles. The van der Waals surface area contributed by atoms with Gasteiger partial charge >= 0.3 is 0 Å². The summed E-state index contributed by atoms with van der Waals surface area (Å²) in [6.07, 6.45) is 3.80. The van der Waals surface area contributed by atoms with Crippen LogP contribution in [0.3, 0.4) is 0 Å². The van der Waals surface area contributed by atoms with Gasteiger partial charge in [-0.1, -0.05) is 19.1 Å². The number of nitrogen functional groups attached to an aromatic ring is 1. The highest BCUT2D eigenvalue weighted by molar-refractivity contribution is 5.92. The molecule has 0 spiro atoms. The third-order valence-electron chi connectivity index (χ3n) is 2.89. The number of nitrogens with one attached hydrogen (secondary N) is 1. The molecule has 0 aliphatic rings. The standard InChI is InChI=1S/C14H20N2O2/c1-3-14(2,10-17)16-13(18)8-7-11-5-4-6-12(15)9-11/h4-9,17H,3,10,15H2,1-2H3,(H,16,18)/b8-7+. The van der Waals surface area contributed by atoms with Crippen molar-refractivity contribution in [2.75, 3.05) is 12.3 Å². The minimum atomic E-state index is -0.572. The molecular formula is C14H20N2O2. The molecule has 0 aliphatic carbocycles. The maximum Gasteiger partial charge on any atom is 0.244 e. The van der Waals surface area contributed by atoms with Crippen molar-refractivity contribution in [2.45, 2.75) is 25.8 Å². The van der Waals surface area contributed by atoms with Gasteiger partial charge in [-0.25, -0.2) is 0 Å². The lowest BCUT2D eigenvalue weighted by molar-refractivity contribution is -0.118. The van der Waals surface area contributed by atoms with Crippen molar-refractivity contribution in [3.63, 3.8) is 0 Å². The molecule has 0 radical (unpaired) electrons. The van der Waals surface area contributed by atoms with E-state index in [1.165, 1.54) is 6.08 Å². The lowest BCUT2D eigenvalue weighted by Crippen LogP contribution is -2.47. The molecule has 1 rings (SSSR count). The first-order chi connectivity index (χ1) is 8.49. The predicted molar refractivity (Wildman–Crippen MR) is 73.8 cm³/mol. The number of hydrogen-bond acceptors (Lipinski definition) is 3. The molecule has 1 unspecified atom stereocenters. The van der Waals surface area contributed by atoms with E-state index in [-0.39, 0.29) is 12.5 Å². The van der Waals surface area contributed by atoms with Gasteiger partial charge in [-0.3, -0.25) is 4.79 Å².